The minimum absolute atomic E-state index is 0.826. The first kappa shape index (κ1) is 51.8. The summed E-state index contributed by atoms with van der Waals surface area (Å²) in [5.41, 5.74) is 21.0. The Kier molecular flexibility index (Phi) is 13.4. The number of aromatic nitrogens is 2. The van der Waals surface area contributed by atoms with Crippen LogP contribution in [0, 0.1) is 22.9 Å². The highest BCUT2D eigenvalue weighted by Gasteiger charge is 2.26. The van der Waals surface area contributed by atoms with E-state index in [4.69, 9.17) is 9.40 Å². The zero-order chi connectivity index (χ0) is 57.3. The van der Waals surface area contributed by atoms with Crippen LogP contribution in [0.15, 0.2) is 332 Å². The Bertz CT molecular complexity index is 4630. The molecule has 0 atom stereocenters. The summed E-state index contributed by atoms with van der Waals surface area (Å²) in [7, 11) is -5.79. The highest BCUT2D eigenvalue weighted by Crippen LogP contribution is 2.39. The Balaban J connectivity index is 0.927. The van der Waals surface area contributed by atoms with E-state index in [0.717, 1.165) is 94.2 Å². The van der Waals surface area contributed by atoms with Crippen molar-refractivity contribution in [3.63, 3.8) is 0 Å². The lowest BCUT2D eigenvalue weighted by Crippen LogP contribution is -2.66. The van der Waals surface area contributed by atoms with Gasteiger partial charge in [0, 0.05) is 65.6 Å². The number of nitrogens with zero attached hydrogens (tertiary/aromatic N) is 2. The van der Waals surface area contributed by atoms with Gasteiger partial charge in [0.1, 0.15) is 11.2 Å². The maximum atomic E-state index is 6.66. The summed E-state index contributed by atoms with van der Waals surface area (Å²) in [5.74, 6) is 7.70. The highest BCUT2D eigenvalue weighted by molar-refractivity contribution is 7.17. The van der Waals surface area contributed by atoms with Gasteiger partial charge in [-0.15, -0.1) is 11.8 Å². The van der Waals surface area contributed by atoms with Crippen molar-refractivity contribution in [1.29, 1.82) is 0 Å². The summed E-state index contributed by atoms with van der Waals surface area (Å²) in [5, 5.41) is 11.7. The number of rotatable bonds is 10. The van der Waals surface area contributed by atoms with Crippen LogP contribution in [-0.4, -0.2) is 25.7 Å². The fourth-order valence-electron chi connectivity index (χ4n) is 12.6. The van der Waals surface area contributed by atoms with Crippen molar-refractivity contribution in [3.05, 3.63) is 339 Å². The summed E-state index contributed by atoms with van der Waals surface area (Å²) in [6.07, 6.45) is 0. The summed E-state index contributed by atoms with van der Waals surface area (Å²) < 4.78 is 9.06. The topological polar surface area (TPSA) is 31.0 Å². The Morgan fingerprint density at radius 1 is 0.279 bits per heavy atom. The zero-order valence-corrected chi connectivity index (χ0v) is 49.0. The zero-order valence-electron chi connectivity index (χ0n) is 47.0. The molecule has 12 aromatic carbocycles. The Morgan fingerprint density at radius 3 is 1.01 bits per heavy atom. The average Bonchev–Trinajstić information content (AvgIpc) is 3.08. The van der Waals surface area contributed by atoms with Crippen molar-refractivity contribution >= 4 is 91.0 Å². The fraction of sp³-hybridized carbons (Fsp3) is 0. The van der Waals surface area contributed by atoms with Gasteiger partial charge in [0.05, 0.1) is 22.4 Å². The molecule has 0 N–H and O–H groups in total. The second kappa shape index (κ2) is 22.3. The molecule has 0 aliphatic rings. The predicted molar refractivity (Wildman–Crippen MR) is 364 cm³/mol. The van der Waals surface area contributed by atoms with Gasteiger partial charge in [0.25, 0.3) is 0 Å². The van der Waals surface area contributed by atoms with Crippen molar-refractivity contribution in [3.8, 4) is 62.3 Å². The highest BCUT2D eigenvalue weighted by atomic mass is 28.3. The summed E-state index contributed by atoms with van der Waals surface area (Å²) in [6.45, 7) is 0. The van der Waals surface area contributed by atoms with Crippen LogP contribution in [0.5, 0.6) is 0 Å². The first-order chi connectivity index (χ1) is 42.6. The lowest BCUT2D eigenvalue weighted by Gasteiger charge is -2.41. The van der Waals surface area contributed by atoms with Gasteiger partial charge in [-0.2, -0.15) is 31.1 Å². The van der Waals surface area contributed by atoms with E-state index in [0.29, 0.717) is 0 Å². The molecular weight excluding hydrogens is 1070 g/mol. The monoisotopic (exact) mass is 1130 g/mol. The molecule has 0 saturated carbocycles. The van der Waals surface area contributed by atoms with Crippen LogP contribution < -0.4 is 31.1 Å². The maximum absolute atomic E-state index is 6.66. The summed E-state index contributed by atoms with van der Waals surface area (Å²) in [6, 6.07) is 117. The molecule has 15 rings (SSSR count). The third-order valence-corrected chi connectivity index (χ3v) is 25.0. The van der Waals surface area contributed by atoms with E-state index in [1.807, 2.05) is 12.1 Å². The van der Waals surface area contributed by atoms with E-state index >= 15 is 0 Å². The lowest BCUT2D eigenvalue weighted by atomic mass is 9.98. The van der Waals surface area contributed by atoms with Crippen molar-refractivity contribution in [2.24, 2.45) is 0 Å². The van der Waals surface area contributed by atoms with Gasteiger partial charge in [0.2, 0.25) is 0 Å². The minimum Gasteiger partial charge on any atom is -0.456 e. The van der Waals surface area contributed by atoms with Gasteiger partial charge in [-0.25, -0.2) is 4.98 Å². The van der Waals surface area contributed by atoms with E-state index in [9.17, 15) is 0 Å². The van der Waals surface area contributed by atoms with E-state index in [2.05, 4.69) is 343 Å². The third-order valence-electron chi connectivity index (χ3n) is 16.8. The first-order valence-corrected chi connectivity index (χ1v) is 33.2. The Labute approximate surface area is 502 Å². The molecule has 15 aromatic rings. The molecule has 3 heterocycles. The lowest BCUT2D eigenvalue weighted by molar-refractivity contribution is 0.669. The maximum Gasteiger partial charge on any atom is 0.135 e. The second-order valence-electron chi connectivity index (χ2n) is 21.8. The van der Waals surface area contributed by atoms with E-state index in [1.54, 1.807) is 0 Å². The summed E-state index contributed by atoms with van der Waals surface area (Å²) >= 11 is 0. The molecule has 0 unspecified atom stereocenters. The second-order valence-corrected chi connectivity index (χ2v) is 28.8. The smallest absolute Gasteiger partial charge is 0.135 e. The number of hydrogen-bond donors (Lipinski definition) is 0. The van der Waals surface area contributed by atoms with Crippen molar-refractivity contribution in [2.75, 3.05) is 0 Å². The first-order valence-electron chi connectivity index (χ1n) is 29.2. The fourth-order valence-corrected chi connectivity index (χ4v) is 20.3. The predicted octanol–water partition coefficient (Wildman–Crippen LogP) is 15.2. The number of pyridine rings is 1. The number of furan rings is 1. The molecule has 3 nitrogen and oxygen atoms in total. The molecule has 0 bridgehead atoms. The van der Waals surface area contributed by atoms with Crippen LogP contribution in [0.1, 0.15) is 11.1 Å². The van der Waals surface area contributed by atoms with Crippen LogP contribution >= 0.6 is 0 Å². The molecule has 0 aliphatic heterocycles. The molecular formula is C81H54N2OSi2-2. The van der Waals surface area contributed by atoms with Crippen molar-refractivity contribution < 1.29 is 4.42 Å². The molecule has 0 saturated heterocycles. The van der Waals surface area contributed by atoms with Gasteiger partial charge >= 0.3 is 0 Å². The largest absolute Gasteiger partial charge is 0.456 e. The standard InChI is InChI=1S/C81H54N2OSi2/c1-9-25-61(26-10-1)76-56-64(57-77(82-76)62-27-11-2-12-28-62)63-43-47-80-74(55-63)75-58-65(44-48-81(75)84-80)83-78-45-41-59(49-51-85(66-29-13-3-14-30-66,67-31-15-4-16-32-67)68-33-17-5-18-34-68)53-72(78)73-54-60(42-46-79(73)83)50-52-86(69-35-19-6-20-36-69,70-37-21-7-22-38-70)71-39-23-8-24-40-71/h1-48,53-58H/q-2. The quantitative estimate of drug-likeness (QED) is 0.0776. The Morgan fingerprint density at radius 2 is 0.628 bits per heavy atom. The van der Waals surface area contributed by atoms with Crippen molar-refractivity contribution in [1.82, 2.24) is 9.55 Å². The van der Waals surface area contributed by atoms with Crippen LogP contribution in [-0.2, 0) is 0 Å². The molecule has 0 spiro atoms. The Hall–Kier alpha value is -11.1. The number of hydrogen-bond acceptors (Lipinski definition) is 2. The van der Waals surface area contributed by atoms with E-state index < -0.39 is 16.1 Å². The van der Waals surface area contributed by atoms with Gasteiger partial charge in [-0.1, -0.05) is 249 Å². The van der Waals surface area contributed by atoms with Crippen molar-refractivity contribution in [2.45, 2.75) is 0 Å². The van der Waals surface area contributed by atoms with Crippen LogP contribution in [0.25, 0.3) is 83.1 Å². The van der Waals surface area contributed by atoms with Crippen LogP contribution in [0.2, 0.25) is 0 Å². The molecule has 0 aliphatic carbocycles. The normalized spacial score (nSPS) is 11.5. The third kappa shape index (κ3) is 9.35. The molecule has 404 valence electrons. The number of fused-ring (bicyclic) bond motifs is 6. The molecule has 0 radical (unpaired) electrons. The van der Waals surface area contributed by atoms with E-state index in [-0.39, 0.29) is 0 Å². The van der Waals surface area contributed by atoms with Gasteiger partial charge in [-0.3, -0.25) is 11.1 Å². The van der Waals surface area contributed by atoms with Crippen LogP contribution in [0.3, 0.4) is 0 Å². The summed E-state index contributed by atoms with van der Waals surface area (Å²) in [4.78, 5) is 5.19. The average molecular weight is 1130 g/mol. The molecule has 86 heavy (non-hydrogen) atoms. The minimum atomic E-state index is -2.89. The van der Waals surface area contributed by atoms with E-state index in [1.165, 1.54) is 31.1 Å². The van der Waals surface area contributed by atoms with Gasteiger partial charge in [-0.05, 0) is 90.0 Å². The molecule has 5 heteroatoms. The molecule has 3 aromatic heterocycles. The molecule has 0 fully saturated rings. The van der Waals surface area contributed by atoms with Gasteiger partial charge < -0.3 is 8.98 Å². The van der Waals surface area contributed by atoms with Crippen LogP contribution in [0.4, 0.5) is 0 Å². The van der Waals surface area contributed by atoms with Gasteiger partial charge in [0.15, 0.2) is 0 Å². The number of benzene rings is 12. The SMILES string of the molecule is C(#C[Si-](c1ccccc1)(c1ccccc1)c1ccccc1)c1ccc2c(c1)c1cc(C#C[Si-](c3ccccc3)(c3ccccc3)c3ccccc3)ccc1n2-c1ccc2oc3ccc(-c4cc(-c5ccccc5)nc(-c5ccccc5)c4)cc3c2c1. The molecule has 0 amide bonds.